The number of piperazine rings is 1. The first-order chi connectivity index (χ1) is 11.1. The number of pyridine rings is 1. The van der Waals surface area contributed by atoms with Crippen molar-refractivity contribution in [2.45, 2.75) is 26.4 Å². The van der Waals surface area contributed by atoms with Gasteiger partial charge in [-0.15, -0.1) is 0 Å². The van der Waals surface area contributed by atoms with Crippen molar-refractivity contribution in [3.8, 4) is 0 Å². The third kappa shape index (κ3) is 3.62. The van der Waals surface area contributed by atoms with E-state index in [4.69, 9.17) is 0 Å². The Kier molecular flexibility index (Phi) is 4.78. The standard InChI is InChI=1S/C18H24FN3O/c1-3-15(23)12-21-6-8-22(9-7-21)18-10-13(2)20-17-5-4-14(19)11-16(17)18/h4-5,10-11,15,23H,3,6-9,12H2,1-2H3. The first-order valence-corrected chi connectivity index (χ1v) is 8.29. The average molecular weight is 317 g/mol. The predicted molar refractivity (Wildman–Crippen MR) is 91.4 cm³/mol. The number of aryl methyl sites for hydroxylation is 1. The Morgan fingerprint density at radius 2 is 1.96 bits per heavy atom. The molecule has 1 aromatic heterocycles. The van der Waals surface area contributed by atoms with E-state index in [1.807, 2.05) is 19.9 Å². The lowest BCUT2D eigenvalue weighted by atomic mass is 10.1. The predicted octanol–water partition coefficient (Wildman–Crippen LogP) is 2.58. The van der Waals surface area contributed by atoms with Crippen molar-refractivity contribution in [2.24, 2.45) is 0 Å². The number of nitrogens with zero attached hydrogens (tertiary/aromatic N) is 3. The van der Waals surface area contributed by atoms with Gasteiger partial charge in [0.25, 0.3) is 0 Å². The maximum absolute atomic E-state index is 13.6. The van der Waals surface area contributed by atoms with E-state index in [1.54, 1.807) is 12.1 Å². The molecule has 0 saturated carbocycles. The van der Waals surface area contributed by atoms with Crippen LogP contribution in [0.2, 0.25) is 0 Å². The molecule has 1 saturated heterocycles. The van der Waals surface area contributed by atoms with Gasteiger partial charge in [0.15, 0.2) is 0 Å². The van der Waals surface area contributed by atoms with Crippen LogP contribution in [0.15, 0.2) is 24.3 Å². The van der Waals surface area contributed by atoms with Gasteiger partial charge < -0.3 is 10.0 Å². The molecule has 1 N–H and O–H groups in total. The SMILES string of the molecule is CCC(O)CN1CCN(c2cc(C)nc3ccc(F)cc23)CC1. The summed E-state index contributed by atoms with van der Waals surface area (Å²) in [6.45, 7) is 8.29. The van der Waals surface area contributed by atoms with E-state index >= 15 is 0 Å². The molecule has 0 bridgehead atoms. The number of hydrogen-bond donors (Lipinski definition) is 1. The van der Waals surface area contributed by atoms with Crippen LogP contribution in [0, 0.1) is 12.7 Å². The van der Waals surface area contributed by atoms with Crippen LogP contribution in [0.25, 0.3) is 10.9 Å². The number of aliphatic hydroxyl groups is 1. The molecule has 2 heterocycles. The van der Waals surface area contributed by atoms with Gasteiger partial charge in [0.1, 0.15) is 5.82 Å². The van der Waals surface area contributed by atoms with Gasteiger partial charge >= 0.3 is 0 Å². The highest BCUT2D eigenvalue weighted by molar-refractivity contribution is 5.92. The molecule has 1 atom stereocenters. The summed E-state index contributed by atoms with van der Waals surface area (Å²) >= 11 is 0. The van der Waals surface area contributed by atoms with Gasteiger partial charge in [-0.05, 0) is 37.6 Å². The third-order valence-electron chi connectivity index (χ3n) is 4.53. The lowest BCUT2D eigenvalue weighted by molar-refractivity contribution is 0.106. The zero-order valence-electron chi connectivity index (χ0n) is 13.8. The molecule has 4 nitrogen and oxygen atoms in total. The highest BCUT2D eigenvalue weighted by atomic mass is 19.1. The van der Waals surface area contributed by atoms with Crippen molar-refractivity contribution >= 4 is 16.6 Å². The van der Waals surface area contributed by atoms with E-state index in [2.05, 4.69) is 14.8 Å². The maximum Gasteiger partial charge on any atom is 0.124 e. The first kappa shape index (κ1) is 16.1. The summed E-state index contributed by atoms with van der Waals surface area (Å²) in [5, 5.41) is 10.7. The van der Waals surface area contributed by atoms with Gasteiger partial charge in [-0.2, -0.15) is 0 Å². The summed E-state index contributed by atoms with van der Waals surface area (Å²) in [5.41, 5.74) is 2.84. The van der Waals surface area contributed by atoms with Crippen molar-refractivity contribution in [2.75, 3.05) is 37.6 Å². The van der Waals surface area contributed by atoms with E-state index in [0.29, 0.717) is 0 Å². The summed E-state index contributed by atoms with van der Waals surface area (Å²) in [6.07, 6.45) is 0.535. The lowest BCUT2D eigenvalue weighted by Crippen LogP contribution is -2.48. The second-order valence-electron chi connectivity index (χ2n) is 6.29. The number of aromatic nitrogens is 1. The molecule has 1 aliphatic heterocycles. The topological polar surface area (TPSA) is 39.6 Å². The number of halogens is 1. The van der Waals surface area contributed by atoms with Gasteiger partial charge in [-0.1, -0.05) is 6.92 Å². The van der Waals surface area contributed by atoms with Gasteiger partial charge in [-0.3, -0.25) is 9.88 Å². The summed E-state index contributed by atoms with van der Waals surface area (Å²) in [6, 6.07) is 6.82. The Hall–Kier alpha value is -1.72. The van der Waals surface area contributed by atoms with Crippen molar-refractivity contribution in [1.82, 2.24) is 9.88 Å². The largest absolute Gasteiger partial charge is 0.392 e. The summed E-state index contributed by atoms with van der Waals surface area (Å²) in [7, 11) is 0. The first-order valence-electron chi connectivity index (χ1n) is 8.29. The van der Waals surface area contributed by atoms with E-state index in [9.17, 15) is 9.50 Å². The molecule has 5 heteroatoms. The van der Waals surface area contributed by atoms with E-state index < -0.39 is 0 Å². The van der Waals surface area contributed by atoms with Crippen LogP contribution in [-0.4, -0.2) is 53.8 Å². The fourth-order valence-electron chi connectivity index (χ4n) is 3.17. The molecule has 0 aliphatic carbocycles. The number of anilines is 1. The quantitative estimate of drug-likeness (QED) is 0.941. The van der Waals surface area contributed by atoms with Crippen molar-refractivity contribution in [3.05, 3.63) is 35.8 Å². The highest BCUT2D eigenvalue weighted by Gasteiger charge is 2.20. The molecule has 2 aromatic rings. The third-order valence-corrected chi connectivity index (χ3v) is 4.53. The van der Waals surface area contributed by atoms with Crippen molar-refractivity contribution in [1.29, 1.82) is 0 Å². The molecule has 124 valence electrons. The van der Waals surface area contributed by atoms with Crippen LogP contribution in [0.4, 0.5) is 10.1 Å². The van der Waals surface area contributed by atoms with Gasteiger partial charge in [-0.25, -0.2) is 4.39 Å². The lowest BCUT2D eigenvalue weighted by Gasteiger charge is -2.37. The van der Waals surface area contributed by atoms with Crippen molar-refractivity contribution < 1.29 is 9.50 Å². The number of aliphatic hydroxyl groups excluding tert-OH is 1. The van der Waals surface area contributed by atoms with Crippen LogP contribution in [-0.2, 0) is 0 Å². The number of hydrogen-bond acceptors (Lipinski definition) is 4. The molecule has 1 aromatic carbocycles. The zero-order valence-corrected chi connectivity index (χ0v) is 13.8. The second kappa shape index (κ2) is 6.81. The molecule has 0 spiro atoms. The van der Waals surface area contributed by atoms with Gasteiger partial charge in [0, 0.05) is 49.5 Å². The summed E-state index contributed by atoms with van der Waals surface area (Å²) < 4.78 is 13.6. The van der Waals surface area contributed by atoms with Crippen LogP contribution in [0.3, 0.4) is 0 Å². The average Bonchev–Trinajstić information content (AvgIpc) is 2.55. The molecule has 0 amide bonds. The summed E-state index contributed by atoms with van der Waals surface area (Å²) in [5.74, 6) is -0.228. The van der Waals surface area contributed by atoms with Crippen LogP contribution >= 0.6 is 0 Å². The molecule has 3 rings (SSSR count). The number of rotatable bonds is 4. The normalized spacial score (nSPS) is 17.7. The Labute approximate surface area is 136 Å². The fraction of sp³-hybridized carbons (Fsp3) is 0.500. The van der Waals surface area contributed by atoms with Crippen LogP contribution < -0.4 is 4.90 Å². The second-order valence-corrected chi connectivity index (χ2v) is 6.29. The Morgan fingerprint density at radius 1 is 1.22 bits per heavy atom. The number of fused-ring (bicyclic) bond motifs is 1. The minimum atomic E-state index is -0.250. The number of β-amino-alcohol motifs (C(OH)–C–C–N with tert-alkyl or cyclic N) is 1. The van der Waals surface area contributed by atoms with E-state index in [0.717, 1.165) is 61.4 Å². The molecule has 23 heavy (non-hydrogen) atoms. The van der Waals surface area contributed by atoms with E-state index in [-0.39, 0.29) is 11.9 Å². The molecule has 1 fully saturated rings. The minimum absolute atomic E-state index is 0.228. The minimum Gasteiger partial charge on any atom is -0.392 e. The number of benzene rings is 1. The molecular weight excluding hydrogens is 293 g/mol. The molecule has 1 unspecified atom stereocenters. The van der Waals surface area contributed by atoms with Crippen LogP contribution in [0.5, 0.6) is 0 Å². The zero-order chi connectivity index (χ0) is 16.4. The van der Waals surface area contributed by atoms with E-state index in [1.165, 1.54) is 6.07 Å². The Balaban J connectivity index is 1.80. The molecular formula is C18H24FN3O. The monoisotopic (exact) mass is 317 g/mol. The van der Waals surface area contributed by atoms with Gasteiger partial charge in [0.2, 0.25) is 0 Å². The maximum atomic E-state index is 13.6. The van der Waals surface area contributed by atoms with Gasteiger partial charge in [0.05, 0.1) is 11.6 Å². The Morgan fingerprint density at radius 3 is 2.65 bits per heavy atom. The fourth-order valence-corrected chi connectivity index (χ4v) is 3.17. The molecule has 0 radical (unpaired) electrons. The van der Waals surface area contributed by atoms with Crippen LogP contribution in [0.1, 0.15) is 19.0 Å². The van der Waals surface area contributed by atoms with Crippen molar-refractivity contribution in [3.63, 3.8) is 0 Å². The Bertz CT molecular complexity index is 683. The highest BCUT2D eigenvalue weighted by Crippen LogP contribution is 2.28. The summed E-state index contributed by atoms with van der Waals surface area (Å²) in [4.78, 5) is 9.09. The smallest absolute Gasteiger partial charge is 0.124 e. The molecule has 1 aliphatic rings.